The third-order valence-electron chi connectivity index (χ3n) is 4.86. The Bertz CT molecular complexity index is 899. The van der Waals surface area contributed by atoms with Crippen molar-refractivity contribution >= 4 is 53.0 Å². The highest BCUT2D eigenvalue weighted by molar-refractivity contribution is 6.30. The van der Waals surface area contributed by atoms with Gasteiger partial charge in [-0.15, -0.1) is 12.4 Å². The highest BCUT2D eigenvalue weighted by Gasteiger charge is 2.47. The number of benzene rings is 1. The maximum absolute atomic E-state index is 13.4. The molecule has 2 amide bonds. The number of nitrogens with two attached hydrogens (primary N) is 1. The smallest absolute Gasteiger partial charge is 0.275 e. The molecule has 0 aliphatic carbocycles. The molecular weight excluding hydrogens is 415 g/mol. The molecule has 9 heteroatoms. The van der Waals surface area contributed by atoms with E-state index in [-0.39, 0.29) is 30.1 Å². The van der Waals surface area contributed by atoms with E-state index in [1.807, 2.05) is 13.8 Å². The van der Waals surface area contributed by atoms with Gasteiger partial charge in [-0.3, -0.25) is 14.5 Å². The minimum absolute atomic E-state index is 0. The van der Waals surface area contributed by atoms with Gasteiger partial charge in [-0.2, -0.15) is 4.98 Å². The number of aromatic nitrogens is 1. The topological polar surface area (TPSA) is 97.5 Å². The normalized spacial score (nSPS) is 15.6. The van der Waals surface area contributed by atoms with Crippen LogP contribution in [-0.4, -0.2) is 28.4 Å². The number of ether oxygens (including phenoxy) is 1. The van der Waals surface area contributed by atoms with Gasteiger partial charge in [0.1, 0.15) is 11.5 Å². The summed E-state index contributed by atoms with van der Waals surface area (Å²) in [6.45, 7) is 5.38. The average molecular weight is 439 g/mol. The number of nitrogens with zero attached hydrogens (tertiary/aromatic N) is 2. The van der Waals surface area contributed by atoms with Crippen LogP contribution < -0.4 is 20.7 Å². The van der Waals surface area contributed by atoms with Crippen LogP contribution in [0.2, 0.25) is 5.02 Å². The van der Waals surface area contributed by atoms with Gasteiger partial charge >= 0.3 is 0 Å². The number of carbonyl (C=O) groups excluding carboxylic acids is 2. The Kier molecular flexibility index (Phi) is 7.11. The fourth-order valence-corrected chi connectivity index (χ4v) is 3.20. The van der Waals surface area contributed by atoms with Gasteiger partial charge in [0.05, 0.1) is 6.04 Å². The van der Waals surface area contributed by atoms with Crippen LogP contribution in [0.1, 0.15) is 33.6 Å². The minimum Gasteiger partial charge on any atom is -0.459 e. The van der Waals surface area contributed by atoms with Crippen molar-refractivity contribution in [3.63, 3.8) is 0 Å². The van der Waals surface area contributed by atoms with Crippen LogP contribution in [0.5, 0.6) is 5.88 Å². The predicted octanol–water partition coefficient (Wildman–Crippen LogP) is 4.06. The molecule has 2 aromatic rings. The third-order valence-corrected chi connectivity index (χ3v) is 5.11. The van der Waals surface area contributed by atoms with E-state index in [1.165, 1.54) is 0 Å². The number of carbonyl (C=O) groups is 2. The van der Waals surface area contributed by atoms with E-state index in [9.17, 15) is 9.59 Å². The molecule has 0 radical (unpaired) electrons. The Morgan fingerprint density at radius 3 is 2.41 bits per heavy atom. The van der Waals surface area contributed by atoms with Crippen molar-refractivity contribution in [3.05, 3.63) is 41.4 Å². The molecular formula is C20H24Cl2N4O3. The maximum Gasteiger partial charge on any atom is 0.275 e. The molecule has 7 nitrogen and oxygen atoms in total. The number of fused-ring (bicyclic) bond motifs is 1. The standard InChI is InChI=1S/C20H23ClN4O3.ClH/c1-4-20(5-2)19(27)25(14-8-6-13(21)7-9-14)15-10-11-16(24-18(15)28-20)23-17(26)12(3)22;/h6-12H,4-5,22H2,1-3H3,(H,23,24,26);1H/t12-;/m0./s1. The number of hydrogen-bond acceptors (Lipinski definition) is 5. The van der Waals surface area contributed by atoms with Gasteiger partial charge in [0, 0.05) is 10.7 Å². The lowest BCUT2D eigenvalue weighted by Crippen LogP contribution is -2.54. The van der Waals surface area contributed by atoms with Gasteiger partial charge in [-0.1, -0.05) is 25.4 Å². The van der Waals surface area contributed by atoms with Crippen molar-refractivity contribution in [3.8, 4) is 5.88 Å². The van der Waals surface area contributed by atoms with Crippen LogP contribution in [0.4, 0.5) is 17.2 Å². The first-order valence-corrected chi connectivity index (χ1v) is 9.55. The molecule has 3 N–H and O–H groups in total. The molecule has 3 rings (SSSR count). The van der Waals surface area contributed by atoms with Crippen LogP contribution >= 0.6 is 24.0 Å². The van der Waals surface area contributed by atoms with Crippen molar-refractivity contribution in [2.45, 2.75) is 45.3 Å². The predicted molar refractivity (Wildman–Crippen MR) is 116 cm³/mol. The van der Waals surface area contributed by atoms with Crippen molar-refractivity contribution in [1.29, 1.82) is 0 Å². The van der Waals surface area contributed by atoms with Gasteiger partial charge in [-0.05, 0) is 56.2 Å². The summed E-state index contributed by atoms with van der Waals surface area (Å²) >= 11 is 6.00. The number of anilines is 3. The summed E-state index contributed by atoms with van der Waals surface area (Å²) in [7, 11) is 0. The van der Waals surface area contributed by atoms with Gasteiger partial charge < -0.3 is 15.8 Å². The zero-order chi connectivity index (χ0) is 20.5. The number of amides is 2. The summed E-state index contributed by atoms with van der Waals surface area (Å²) in [4.78, 5) is 31.3. The molecule has 0 fully saturated rings. The Labute approximate surface area is 181 Å². The third kappa shape index (κ3) is 4.32. The zero-order valence-electron chi connectivity index (χ0n) is 16.4. The van der Waals surface area contributed by atoms with Crippen LogP contribution in [0.3, 0.4) is 0 Å². The lowest BCUT2D eigenvalue weighted by atomic mass is 9.93. The Morgan fingerprint density at radius 2 is 1.86 bits per heavy atom. The lowest BCUT2D eigenvalue weighted by Gasteiger charge is -2.41. The van der Waals surface area contributed by atoms with Gasteiger partial charge in [-0.25, -0.2) is 0 Å². The van der Waals surface area contributed by atoms with Crippen LogP contribution in [0.15, 0.2) is 36.4 Å². The monoisotopic (exact) mass is 438 g/mol. The number of halogens is 2. The van der Waals surface area contributed by atoms with Crippen molar-refractivity contribution in [2.24, 2.45) is 5.73 Å². The number of hydrogen-bond donors (Lipinski definition) is 2. The molecule has 0 spiro atoms. The van der Waals surface area contributed by atoms with E-state index in [2.05, 4.69) is 10.3 Å². The number of rotatable bonds is 5. The Morgan fingerprint density at radius 1 is 1.24 bits per heavy atom. The Hall–Kier alpha value is -2.35. The van der Waals surface area contributed by atoms with Crippen molar-refractivity contribution < 1.29 is 14.3 Å². The van der Waals surface area contributed by atoms with E-state index in [1.54, 1.807) is 48.2 Å². The maximum atomic E-state index is 13.4. The molecule has 0 saturated heterocycles. The first-order valence-electron chi connectivity index (χ1n) is 9.18. The van der Waals surface area contributed by atoms with E-state index in [0.717, 1.165) is 0 Å². The van der Waals surface area contributed by atoms with Gasteiger partial charge in [0.2, 0.25) is 11.8 Å². The largest absolute Gasteiger partial charge is 0.459 e. The molecule has 1 aliphatic rings. The van der Waals surface area contributed by atoms with Gasteiger partial charge in [0.25, 0.3) is 5.91 Å². The Balaban J connectivity index is 0.00000300. The minimum atomic E-state index is -1.04. The highest BCUT2D eigenvalue weighted by atomic mass is 35.5. The van der Waals surface area contributed by atoms with E-state index < -0.39 is 11.6 Å². The molecule has 0 bridgehead atoms. The van der Waals surface area contributed by atoms with E-state index >= 15 is 0 Å². The van der Waals surface area contributed by atoms with Crippen molar-refractivity contribution in [1.82, 2.24) is 4.98 Å². The first kappa shape index (κ1) is 22.9. The molecule has 1 aromatic carbocycles. The SMILES string of the molecule is CCC1(CC)Oc2nc(NC(=O)[C@H](C)N)ccc2N(c2ccc(Cl)cc2)C1=O.Cl. The van der Waals surface area contributed by atoms with E-state index in [0.29, 0.717) is 35.1 Å². The highest BCUT2D eigenvalue weighted by Crippen LogP contribution is 2.43. The summed E-state index contributed by atoms with van der Waals surface area (Å²) in [6.07, 6.45) is 0.952. The molecule has 29 heavy (non-hydrogen) atoms. The molecule has 0 saturated carbocycles. The number of pyridine rings is 1. The summed E-state index contributed by atoms with van der Waals surface area (Å²) in [6, 6.07) is 9.64. The quantitative estimate of drug-likeness (QED) is 0.733. The summed E-state index contributed by atoms with van der Waals surface area (Å²) in [5.74, 6) is 0.0703. The molecule has 156 valence electrons. The fourth-order valence-electron chi connectivity index (χ4n) is 3.07. The lowest BCUT2D eigenvalue weighted by molar-refractivity contribution is -0.135. The second-order valence-corrected chi connectivity index (χ2v) is 7.16. The second kappa shape index (κ2) is 8.98. The zero-order valence-corrected chi connectivity index (χ0v) is 18.0. The first-order chi connectivity index (χ1) is 13.3. The molecule has 2 heterocycles. The number of nitrogens with one attached hydrogen (secondary N) is 1. The summed E-state index contributed by atoms with van der Waals surface area (Å²) in [5.41, 5.74) is 5.73. The molecule has 1 aliphatic heterocycles. The van der Waals surface area contributed by atoms with Crippen LogP contribution in [-0.2, 0) is 9.59 Å². The fraction of sp³-hybridized carbons (Fsp3) is 0.350. The summed E-state index contributed by atoms with van der Waals surface area (Å²) in [5, 5.41) is 3.23. The van der Waals surface area contributed by atoms with Crippen molar-refractivity contribution in [2.75, 3.05) is 10.2 Å². The molecule has 1 aromatic heterocycles. The second-order valence-electron chi connectivity index (χ2n) is 6.72. The van der Waals surface area contributed by atoms with E-state index in [4.69, 9.17) is 22.1 Å². The molecule has 1 atom stereocenters. The average Bonchev–Trinajstić information content (AvgIpc) is 2.68. The summed E-state index contributed by atoms with van der Waals surface area (Å²) < 4.78 is 6.08. The van der Waals surface area contributed by atoms with Crippen LogP contribution in [0.25, 0.3) is 0 Å². The van der Waals surface area contributed by atoms with Gasteiger partial charge in [0.15, 0.2) is 5.60 Å². The van der Waals surface area contributed by atoms with Crippen LogP contribution in [0, 0.1) is 0 Å². The molecule has 0 unspecified atom stereocenters.